The number of aliphatic hydroxyl groups is 1. The molecule has 2 aliphatic carbocycles. The van der Waals surface area contributed by atoms with Gasteiger partial charge in [-0.3, -0.25) is 0 Å². The smallest absolute Gasteiger partial charge is 0.158 e. The van der Waals surface area contributed by atoms with Crippen LogP contribution >= 0.6 is 0 Å². The van der Waals surface area contributed by atoms with Crippen molar-refractivity contribution in [3.05, 3.63) is 0 Å². The molecule has 1 N–H and O–H groups in total. The number of ether oxygens (including phenoxy) is 1. The summed E-state index contributed by atoms with van der Waals surface area (Å²) in [7, 11) is 0. The van der Waals surface area contributed by atoms with Crippen molar-refractivity contribution < 1.29 is 9.84 Å². The Morgan fingerprint density at radius 2 is 2.17 bits per heavy atom. The average Bonchev–Trinajstić information content (AvgIpc) is 2.56. The van der Waals surface area contributed by atoms with E-state index in [4.69, 9.17) is 4.74 Å². The summed E-state index contributed by atoms with van der Waals surface area (Å²) in [6.45, 7) is 4.46. The summed E-state index contributed by atoms with van der Waals surface area (Å²) in [4.78, 5) is 0. The van der Waals surface area contributed by atoms with E-state index in [1.54, 1.807) is 0 Å². The molecule has 6 atom stereocenters. The highest BCUT2D eigenvalue weighted by atomic mass is 16.6. The fraction of sp³-hybridized carbons (Fsp3) is 1.00. The molecule has 2 heteroatoms. The highest BCUT2D eigenvalue weighted by molar-refractivity contribution is 5.12. The summed E-state index contributed by atoms with van der Waals surface area (Å²) >= 11 is 0. The summed E-state index contributed by atoms with van der Waals surface area (Å²) in [6.07, 6.45) is 2.03. The van der Waals surface area contributed by atoms with E-state index < -0.39 is 6.29 Å². The summed E-state index contributed by atoms with van der Waals surface area (Å²) in [6, 6.07) is 0. The third kappa shape index (κ3) is 0.579. The van der Waals surface area contributed by atoms with Crippen molar-refractivity contribution in [1.82, 2.24) is 0 Å². The molecule has 68 valence electrons. The van der Waals surface area contributed by atoms with Crippen LogP contribution in [0.1, 0.15) is 26.7 Å². The Kier molecular flexibility index (Phi) is 1.15. The Morgan fingerprint density at radius 3 is 2.75 bits per heavy atom. The summed E-state index contributed by atoms with van der Waals surface area (Å²) in [5.74, 6) is 2.57. The molecule has 0 aromatic carbocycles. The second kappa shape index (κ2) is 1.88. The Bertz CT molecular complexity index is 226. The van der Waals surface area contributed by atoms with Crippen LogP contribution in [0.4, 0.5) is 0 Å². The predicted molar refractivity (Wildman–Crippen MR) is 44.4 cm³/mol. The first kappa shape index (κ1) is 7.34. The zero-order chi connectivity index (χ0) is 8.51. The molecule has 2 bridgehead atoms. The van der Waals surface area contributed by atoms with E-state index in [2.05, 4.69) is 13.8 Å². The second-order valence-electron chi connectivity index (χ2n) is 4.98. The maximum absolute atomic E-state index is 9.66. The van der Waals surface area contributed by atoms with Crippen LogP contribution in [0.5, 0.6) is 0 Å². The maximum atomic E-state index is 9.66. The molecule has 0 radical (unpaired) electrons. The maximum Gasteiger partial charge on any atom is 0.158 e. The van der Waals surface area contributed by atoms with Crippen LogP contribution in [0.3, 0.4) is 0 Å². The Morgan fingerprint density at radius 1 is 1.42 bits per heavy atom. The monoisotopic (exact) mass is 168 g/mol. The van der Waals surface area contributed by atoms with E-state index >= 15 is 0 Å². The lowest BCUT2D eigenvalue weighted by Gasteiger charge is -2.33. The minimum Gasteiger partial charge on any atom is -0.368 e. The van der Waals surface area contributed by atoms with Crippen LogP contribution in [0, 0.1) is 23.7 Å². The molecule has 3 rings (SSSR count). The highest BCUT2D eigenvalue weighted by Gasteiger charge is 2.65. The molecule has 0 aromatic rings. The zero-order valence-electron chi connectivity index (χ0n) is 7.66. The van der Waals surface area contributed by atoms with Crippen LogP contribution in [0.25, 0.3) is 0 Å². The molecule has 3 fully saturated rings. The van der Waals surface area contributed by atoms with Gasteiger partial charge in [0.1, 0.15) is 0 Å². The summed E-state index contributed by atoms with van der Waals surface area (Å²) < 4.78 is 5.69. The van der Waals surface area contributed by atoms with Crippen molar-refractivity contribution in [3.63, 3.8) is 0 Å². The van der Waals surface area contributed by atoms with Crippen molar-refractivity contribution in [2.24, 2.45) is 23.7 Å². The van der Waals surface area contributed by atoms with Crippen LogP contribution in [-0.4, -0.2) is 17.0 Å². The standard InChI is InChI=1S/C10H16O2/c1-5-6-3-7-8(4-6)10(5,2)12-9(7)11/h5-9,11H,3-4H2,1-2H3. The first-order chi connectivity index (χ1) is 5.63. The molecule has 2 nitrogen and oxygen atoms in total. The lowest BCUT2D eigenvalue weighted by molar-refractivity contribution is -0.149. The van der Waals surface area contributed by atoms with Gasteiger partial charge in [0.15, 0.2) is 6.29 Å². The van der Waals surface area contributed by atoms with Gasteiger partial charge in [0, 0.05) is 5.92 Å². The van der Waals surface area contributed by atoms with Gasteiger partial charge >= 0.3 is 0 Å². The number of fused-ring (bicyclic) bond motifs is 1. The quantitative estimate of drug-likeness (QED) is 0.592. The minimum atomic E-state index is -0.463. The number of hydrogen-bond donors (Lipinski definition) is 1. The third-order valence-corrected chi connectivity index (χ3v) is 4.74. The molecule has 6 unspecified atom stereocenters. The molecule has 0 spiro atoms. The first-order valence-electron chi connectivity index (χ1n) is 4.99. The Labute approximate surface area is 72.9 Å². The van der Waals surface area contributed by atoms with Gasteiger partial charge in [0.2, 0.25) is 0 Å². The Hall–Kier alpha value is -0.0800. The van der Waals surface area contributed by atoms with Gasteiger partial charge in [-0.25, -0.2) is 0 Å². The van der Waals surface area contributed by atoms with Gasteiger partial charge in [-0.15, -0.1) is 0 Å². The van der Waals surface area contributed by atoms with Gasteiger partial charge < -0.3 is 9.84 Å². The fourth-order valence-electron chi connectivity index (χ4n) is 3.84. The van der Waals surface area contributed by atoms with Crippen LogP contribution < -0.4 is 0 Å². The van der Waals surface area contributed by atoms with E-state index in [0.29, 0.717) is 17.8 Å². The van der Waals surface area contributed by atoms with Crippen molar-refractivity contribution >= 4 is 0 Å². The normalized spacial score (nSPS) is 67.8. The first-order valence-corrected chi connectivity index (χ1v) is 4.99. The molecule has 3 aliphatic rings. The Balaban J connectivity index is 2.05. The molecule has 0 amide bonds. The number of aliphatic hydroxyl groups excluding tert-OH is 1. The van der Waals surface area contributed by atoms with Crippen molar-refractivity contribution in [1.29, 1.82) is 0 Å². The molecule has 1 heterocycles. The molecule has 1 aliphatic heterocycles. The van der Waals surface area contributed by atoms with Crippen molar-refractivity contribution in [2.45, 2.75) is 38.6 Å². The number of rotatable bonds is 0. The lowest BCUT2D eigenvalue weighted by Crippen LogP contribution is -2.37. The lowest BCUT2D eigenvalue weighted by atomic mass is 9.75. The highest BCUT2D eigenvalue weighted by Crippen LogP contribution is 2.63. The molecule has 1 saturated heterocycles. The molecular weight excluding hydrogens is 152 g/mol. The van der Waals surface area contributed by atoms with Crippen LogP contribution in [0.15, 0.2) is 0 Å². The summed E-state index contributed by atoms with van der Waals surface area (Å²) in [5, 5.41) is 9.66. The van der Waals surface area contributed by atoms with Crippen LogP contribution in [-0.2, 0) is 4.74 Å². The second-order valence-corrected chi connectivity index (χ2v) is 4.98. The molecular formula is C10H16O2. The molecule has 12 heavy (non-hydrogen) atoms. The number of hydrogen-bond acceptors (Lipinski definition) is 2. The average molecular weight is 168 g/mol. The van der Waals surface area contributed by atoms with Crippen LogP contribution in [0.2, 0.25) is 0 Å². The minimum absolute atomic E-state index is 0.00694. The van der Waals surface area contributed by atoms with E-state index in [1.807, 2.05) is 0 Å². The van der Waals surface area contributed by atoms with Gasteiger partial charge in [-0.1, -0.05) is 6.92 Å². The van der Waals surface area contributed by atoms with Gasteiger partial charge in [0.05, 0.1) is 5.60 Å². The predicted octanol–water partition coefficient (Wildman–Crippen LogP) is 1.39. The van der Waals surface area contributed by atoms with Gasteiger partial charge in [0.25, 0.3) is 0 Å². The summed E-state index contributed by atoms with van der Waals surface area (Å²) in [5.41, 5.74) is 0.00694. The third-order valence-electron chi connectivity index (χ3n) is 4.74. The largest absolute Gasteiger partial charge is 0.368 e. The fourth-order valence-corrected chi connectivity index (χ4v) is 3.84. The van der Waals surface area contributed by atoms with Crippen molar-refractivity contribution in [2.75, 3.05) is 0 Å². The van der Waals surface area contributed by atoms with E-state index in [0.717, 1.165) is 5.92 Å². The SMILES string of the molecule is CC1C2CC3C(O)OC1(C)C3C2. The van der Waals surface area contributed by atoms with Gasteiger partial charge in [-0.2, -0.15) is 0 Å². The van der Waals surface area contributed by atoms with Crippen molar-refractivity contribution in [3.8, 4) is 0 Å². The zero-order valence-corrected chi connectivity index (χ0v) is 7.66. The van der Waals surface area contributed by atoms with E-state index in [9.17, 15) is 5.11 Å². The van der Waals surface area contributed by atoms with Gasteiger partial charge in [-0.05, 0) is 37.5 Å². The molecule has 0 aromatic heterocycles. The topological polar surface area (TPSA) is 29.5 Å². The van der Waals surface area contributed by atoms with E-state index in [-0.39, 0.29) is 5.60 Å². The molecule has 2 saturated carbocycles. The van der Waals surface area contributed by atoms with E-state index in [1.165, 1.54) is 12.8 Å².